The van der Waals surface area contributed by atoms with E-state index in [0.717, 1.165) is 71.8 Å². The Balaban J connectivity index is 1.04. The molecule has 0 radical (unpaired) electrons. The van der Waals surface area contributed by atoms with Crippen molar-refractivity contribution in [2.75, 3.05) is 26.2 Å². The summed E-state index contributed by atoms with van der Waals surface area (Å²) in [5.74, 6) is 3.13. The Morgan fingerprint density at radius 3 is 2.84 bits per heavy atom. The number of amides is 1. The second-order valence-corrected chi connectivity index (χ2v) is 11.2. The second kappa shape index (κ2) is 9.73. The maximum Gasteiger partial charge on any atom is 0.251 e. The molecule has 4 aromatic rings. The highest BCUT2D eigenvalue weighted by Gasteiger charge is 2.39. The highest BCUT2D eigenvalue weighted by atomic mass is 32.1. The van der Waals surface area contributed by atoms with Gasteiger partial charge in [-0.25, -0.2) is 4.98 Å². The Morgan fingerprint density at radius 2 is 2.05 bits per heavy atom. The fourth-order valence-electron chi connectivity index (χ4n) is 5.13. The van der Waals surface area contributed by atoms with Crippen molar-refractivity contribution in [3.8, 4) is 23.6 Å². The lowest BCUT2D eigenvalue weighted by atomic mass is 10.0. The Kier molecular flexibility index (Phi) is 6.27. The molecular weight excluding hydrogens is 480 g/mol. The van der Waals surface area contributed by atoms with Crippen molar-refractivity contribution in [3.63, 3.8) is 0 Å². The first kappa shape index (κ1) is 23.8. The van der Waals surface area contributed by atoms with Crippen molar-refractivity contribution in [1.29, 1.82) is 0 Å². The fourth-order valence-corrected chi connectivity index (χ4v) is 6.18. The lowest BCUT2D eigenvalue weighted by molar-refractivity contribution is 0.0947. The van der Waals surface area contributed by atoms with Crippen LogP contribution in [0.15, 0.2) is 58.9 Å². The number of carbonyl (C=O) groups is 1. The summed E-state index contributed by atoms with van der Waals surface area (Å²) in [4.78, 5) is 21.1. The van der Waals surface area contributed by atoms with Gasteiger partial charge in [-0.3, -0.25) is 9.20 Å². The first-order chi connectivity index (χ1) is 18.0. The third-order valence-electron chi connectivity index (χ3n) is 7.51. The number of hydrogen-bond donors (Lipinski definition) is 1. The third-order valence-corrected chi connectivity index (χ3v) is 8.52. The van der Waals surface area contributed by atoms with Crippen LogP contribution in [0.5, 0.6) is 0 Å². The summed E-state index contributed by atoms with van der Waals surface area (Å²) in [5, 5.41) is 11.6. The maximum atomic E-state index is 12.9. The highest BCUT2D eigenvalue weighted by molar-refractivity contribution is 7.23. The number of aryl methyl sites for hydroxylation is 1. The zero-order valence-corrected chi connectivity index (χ0v) is 21.8. The number of terminal acetylenes is 1. The van der Waals surface area contributed by atoms with Crippen LogP contribution in [0.1, 0.15) is 41.6 Å². The van der Waals surface area contributed by atoms with Gasteiger partial charge in [0.25, 0.3) is 5.91 Å². The number of aromatic nitrogens is 2. The normalized spacial score (nSPS) is 18.4. The predicted molar refractivity (Wildman–Crippen MR) is 148 cm³/mol. The van der Waals surface area contributed by atoms with Crippen molar-refractivity contribution in [1.82, 2.24) is 19.6 Å². The number of hydrogen-bond acceptors (Lipinski definition) is 6. The average Bonchev–Trinajstić information content (AvgIpc) is 3.20. The number of benzene rings is 2. The molecule has 37 heavy (non-hydrogen) atoms. The molecule has 1 N–H and O–H groups in total. The van der Waals surface area contributed by atoms with Gasteiger partial charge in [0.2, 0.25) is 0 Å². The van der Waals surface area contributed by atoms with Crippen LogP contribution in [0.4, 0.5) is 0 Å². The van der Waals surface area contributed by atoms with Crippen LogP contribution < -0.4 is 5.32 Å². The minimum absolute atomic E-state index is 0.0180. The maximum absolute atomic E-state index is 12.9. The molecule has 2 aromatic carbocycles. The summed E-state index contributed by atoms with van der Waals surface area (Å²) in [5.41, 5.74) is 4.85. The Labute approximate surface area is 220 Å². The van der Waals surface area contributed by atoms with Gasteiger partial charge in [-0.2, -0.15) is 10.2 Å². The number of nitrogens with zero attached hydrogens (tertiary/aromatic N) is 5. The molecule has 1 atom stereocenters. The second-order valence-electron chi connectivity index (χ2n) is 10.2. The Hall–Kier alpha value is -3.54. The van der Waals surface area contributed by atoms with E-state index in [-0.39, 0.29) is 11.6 Å². The highest BCUT2D eigenvalue weighted by Crippen LogP contribution is 2.37. The number of likely N-dealkylation sites (tertiary alicyclic amines) is 1. The number of fused-ring (bicyclic) bond motifs is 3. The molecule has 6 rings (SSSR count). The van der Waals surface area contributed by atoms with Gasteiger partial charge in [0.1, 0.15) is 0 Å². The minimum Gasteiger partial charge on any atom is -0.352 e. The molecule has 7 nitrogen and oxygen atoms in total. The summed E-state index contributed by atoms with van der Waals surface area (Å²) in [7, 11) is 0. The van der Waals surface area contributed by atoms with E-state index < -0.39 is 0 Å². The van der Waals surface area contributed by atoms with Crippen LogP contribution in [0, 0.1) is 25.2 Å². The summed E-state index contributed by atoms with van der Waals surface area (Å²) in [6.45, 7) is 5.80. The van der Waals surface area contributed by atoms with Gasteiger partial charge >= 0.3 is 0 Å². The molecule has 0 bridgehead atoms. The van der Waals surface area contributed by atoms with Gasteiger partial charge in [-0.15, -0.1) is 12.3 Å². The summed E-state index contributed by atoms with van der Waals surface area (Å²) < 4.78 is 3.18. The predicted octanol–water partition coefficient (Wildman–Crippen LogP) is 5.54. The van der Waals surface area contributed by atoms with E-state index >= 15 is 0 Å². The third kappa shape index (κ3) is 5.02. The van der Waals surface area contributed by atoms with Crippen molar-refractivity contribution in [2.24, 2.45) is 16.1 Å². The topological polar surface area (TPSA) is 74.4 Å². The van der Waals surface area contributed by atoms with Gasteiger partial charge < -0.3 is 10.2 Å². The molecule has 0 saturated carbocycles. The first-order valence-corrected chi connectivity index (χ1v) is 13.7. The summed E-state index contributed by atoms with van der Waals surface area (Å²) in [6, 6.07) is 14.3. The van der Waals surface area contributed by atoms with E-state index in [1.807, 2.05) is 18.2 Å². The zero-order valence-electron chi connectivity index (χ0n) is 21.0. The molecule has 2 aliphatic heterocycles. The largest absolute Gasteiger partial charge is 0.352 e. The number of rotatable bonds is 9. The van der Waals surface area contributed by atoms with Gasteiger partial charge in [0.15, 0.2) is 10.6 Å². The quantitative estimate of drug-likeness (QED) is 0.300. The van der Waals surface area contributed by atoms with E-state index in [1.54, 1.807) is 11.3 Å². The molecule has 1 saturated heterocycles. The zero-order chi connectivity index (χ0) is 25.4. The van der Waals surface area contributed by atoms with Crippen LogP contribution in [0.2, 0.25) is 0 Å². The van der Waals surface area contributed by atoms with Crippen LogP contribution in [0.25, 0.3) is 26.4 Å². The molecule has 2 aliphatic rings. The molecule has 2 aromatic heterocycles. The molecule has 188 valence electrons. The lowest BCUT2D eigenvalue weighted by Crippen LogP contribution is -2.32. The molecule has 0 aliphatic carbocycles. The monoisotopic (exact) mass is 510 g/mol. The first-order valence-electron chi connectivity index (χ1n) is 12.9. The number of nitrogens with one attached hydrogen (secondary N) is 1. The molecule has 8 heteroatoms. The molecule has 0 unspecified atom stereocenters. The minimum atomic E-state index is -0.219. The fraction of sp³-hybridized carbons (Fsp3) is 0.379. The van der Waals surface area contributed by atoms with Crippen molar-refractivity contribution >= 4 is 32.4 Å². The van der Waals surface area contributed by atoms with E-state index in [4.69, 9.17) is 11.4 Å². The van der Waals surface area contributed by atoms with Crippen molar-refractivity contribution in [2.45, 2.75) is 38.3 Å². The molecule has 4 heterocycles. The SMILES string of the molecule is C#CCCC1(CCN2CC[C@H](CNC(=O)c3ccc4c(c3)sc3nc(-c5ccc(C)cc5)cn34)C2)N=N1. The number of thiazole rings is 1. The van der Waals surface area contributed by atoms with Crippen molar-refractivity contribution < 1.29 is 4.79 Å². The van der Waals surface area contributed by atoms with Gasteiger partial charge in [-0.05, 0) is 44.0 Å². The average molecular weight is 511 g/mol. The van der Waals surface area contributed by atoms with Crippen molar-refractivity contribution in [3.05, 3.63) is 59.8 Å². The Morgan fingerprint density at radius 1 is 1.22 bits per heavy atom. The molecule has 1 amide bonds. The van der Waals surface area contributed by atoms with E-state index in [1.165, 1.54) is 5.56 Å². The van der Waals surface area contributed by atoms with Crippen LogP contribution in [-0.2, 0) is 0 Å². The van der Waals surface area contributed by atoms with Crippen LogP contribution >= 0.6 is 11.3 Å². The number of carbonyl (C=O) groups excluding carboxylic acids is 1. The van der Waals surface area contributed by atoms with Gasteiger partial charge in [0, 0.05) is 56.2 Å². The standard InChI is InChI=1S/C29H30N6OS/c1-3-4-12-29(32-33-29)13-15-34-14-11-21(18-34)17-30-27(36)23-9-10-25-26(16-23)37-28-31-24(19-35(25)28)22-7-5-20(2)6-8-22/h1,5-10,16,19,21H,4,11-15,17-18H2,2H3,(H,30,36)/t21-/m1/s1. The van der Waals surface area contributed by atoms with Crippen LogP contribution in [-0.4, -0.2) is 52.0 Å². The van der Waals surface area contributed by atoms with E-state index in [0.29, 0.717) is 18.0 Å². The Bertz CT molecular complexity index is 1520. The van der Waals surface area contributed by atoms with E-state index in [2.05, 4.69) is 68.2 Å². The summed E-state index contributed by atoms with van der Waals surface area (Å²) >= 11 is 1.61. The van der Waals surface area contributed by atoms with E-state index in [9.17, 15) is 4.79 Å². The molecule has 0 spiro atoms. The van der Waals surface area contributed by atoms with Gasteiger partial charge in [0.05, 0.1) is 15.9 Å². The summed E-state index contributed by atoms with van der Waals surface area (Å²) in [6.07, 6.45) is 11.1. The molecular formula is C29H30N6OS. The smallest absolute Gasteiger partial charge is 0.251 e. The molecule has 1 fully saturated rings. The van der Waals surface area contributed by atoms with Gasteiger partial charge in [-0.1, -0.05) is 41.2 Å². The number of imidazole rings is 1. The lowest BCUT2D eigenvalue weighted by Gasteiger charge is -2.18. The van der Waals surface area contributed by atoms with Crippen LogP contribution in [0.3, 0.4) is 0 Å².